The maximum absolute atomic E-state index is 12.7. The molecule has 0 radical (unpaired) electrons. The number of carbonyl (C=O) groups is 2. The summed E-state index contributed by atoms with van der Waals surface area (Å²) >= 11 is 0. The van der Waals surface area contributed by atoms with Crippen LogP contribution in [0.3, 0.4) is 0 Å². The van der Waals surface area contributed by atoms with Gasteiger partial charge in [-0.3, -0.25) is 14.6 Å². The zero-order chi connectivity index (χ0) is 20.2. The molecule has 1 aliphatic heterocycles. The van der Waals surface area contributed by atoms with Crippen LogP contribution in [-0.2, 0) is 15.7 Å². The minimum absolute atomic E-state index is 0.0887. The lowest BCUT2D eigenvalue weighted by Gasteiger charge is -2.33. The molecule has 10 heteroatoms. The quantitative estimate of drug-likeness (QED) is 0.849. The first-order valence-electron chi connectivity index (χ1n) is 8.25. The Labute approximate surface area is 154 Å². The Kier molecular flexibility index (Phi) is 6.38. The number of nitriles is 1. The average molecular weight is 384 g/mol. The molecule has 1 aromatic heterocycles. The fourth-order valence-corrected chi connectivity index (χ4v) is 2.56. The van der Waals surface area contributed by atoms with Gasteiger partial charge in [-0.05, 0) is 25.5 Å². The van der Waals surface area contributed by atoms with E-state index in [0.29, 0.717) is 0 Å². The Morgan fingerprint density at radius 3 is 2.81 bits per heavy atom. The fourth-order valence-electron chi connectivity index (χ4n) is 2.56. The first-order chi connectivity index (χ1) is 12.6. The average Bonchev–Trinajstić information content (AvgIpc) is 2.64. The summed E-state index contributed by atoms with van der Waals surface area (Å²) in [5.41, 5.74) is -0.780. The number of carbonyl (C=O) groups excluding carboxylic acids is 2. The van der Waals surface area contributed by atoms with Gasteiger partial charge in [0.1, 0.15) is 11.6 Å². The molecule has 0 aromatic carbocycles. The SMILES string of the molecule is Cc1cc(C(F)(F)F)ncc1C(=O)N1CCOC(CNC(=O)C(C)C#N)C1. The summed E-state index contributed by atoms with van der Waals surface area (Å²) in [5, 5.41) is 11.3. The summed E-state index contributed by atoms with van der Waals surface area (Å²) in [7, 11) is 0. The highest BCUT2D eigenvalue weighted by atomic mass is 19.4. The van der Waals surface area contributed by atoms with E-state index in [4.69, 9.17) is 10.00 Å². The van der Waals surface area contributed by atoms with Crippen LogP contribution >= 0.6 is 0 Å². The third-order valence-corrected chi connectivity index (χ3v) is 4.15. The van der Waals surface area contributed by atoms with E-state index in [1.165, 1.54) is 18.7 Å². The fraction of sp³-hybridized carbons (Fsp3) is 0.529. The Morgan fingerprint density at radius 2 is 2.22 bits per heavy atom. The topological polar surface area (TPSA) is 95.3 Å². The van der Waals surface area contributed by atoms with Gasteiger partial charge >= 0.3 is 6.18 Å². The standard InChI is InChI=1S/C17H19F3N4O3/c1-10-5-14(17(18,19)20)22-8-13(10)16(26)24-3-4-27-12(9-24)7-23-15(25)11(2)6-21/h5,8,11-12H,3-4,7,9H2,1-2H3,(H,23,25). The molecular formula is C17H19F3N4O3. The highest BCUT2D eigenvalue weighted by Crippen LogP contribution is 2.28. The molecule has 146 valence electrons. The van der Waals surface area contributed by atoms with Crippen LogP contribution in [0.25, 0.3) is 0 Å². The van der Waals surface area contributed by atoms with Crippen molar-refractivity contribution in [3.8, 4) is 6.07 Å². The molecule has 2 atom stereocenters. The summed E-state index contributed by atoms with van der Waals surface area (Å²) in [5.74, 6) is -1.68. The number of ether oxygens (including phenoxy) is 1. The predicted octanol–water partition coefficient (Wildman–Crippen LogP) is 1.53. The Bertz CT molecular complexity index is 761. The number of halogens is 3. The minimum atomic E-state index is -4.57. The van der Waals surface area contributed by atoms with E-state index >= 15 is 0 Å². The first-order valence-corrected chi connectivity index (χ1v) is 8.25. The van der Waals surface area contributed by atoms with E-state index in [-0.39, 0.29) is 37.4 Å². The molecule has 7 nitrogen and oxygen atoms in total. The Balaban J connectivity index is 2.02. The lowest BCUT2D eigenvalue weighted by molar-refractivity contribution is -0.141. The number of pyridine rings is 1. The van der Waals surface area contributed by atoms with Gasteiger partial charge in [-0.25, -0.2) is 0 Å². The second-order valence-electron chi connectivity index (χ2n) is 6.22. The lowest BCUT2D eigenvalue weighted by atomic mass is 10.1. The van der Waals surface area contributed by atoms with Crippen molar-refractivity contribution in [1.82, 2.24) is 15.2 Å². The number of aromatic nitrogens is 1. The molecule has 0 bridgehead atoms. The van der Waals surface area contributed by atoms with E-state index in [9.17, 15) is 22.8 Å². The monoisotopic (exact) mass is 384 g/mol. The van der Waals surface area contributed by atoms with Crippen molar-refractivity contribution in [3.63, 3.8) is 0 Å². The summed E-state index contributed by atoms with van der Waals surface area (Å²) < 4.78 is 43.6. The number of nitrogens with zero attached hydrogens (tertiary/aromatic N) is 3. The van der Waals surface area contributed by atoms with Gasteiger partial charge in [0.05, 0.1) is 24.3 Å². The van der Waals surface area contributed by atoms with Gasteiger partial charge in [0.2, 0.25) is 5.91 Å². The molecule has 2 heterocycles. The van der Waals surface area contributed by atoms with E-state index in [1.807, 2.05) is 6.07 Å². The van der Waals surface area contributed by atoms with Gasteiger partial charge < -0.3 is 15.0 Å². The maximum Gasteiger partial charge on any atom is 0.433 e. The number of hydrogen-bond donors (Lipinski definition) is 1. The smallest absolute Gasteiger partial charge is 0.373 e. The van der Waals surface area contributed by atoms with Crippen LogP contribution in [0, 0.1) is 24.2 Å². The number of rotatable bonds is 4. The Morgan fingerprint density at radius 1 is 1.52 bits per heavy atom. The van der Waals surface area contributed by atoms with Crippen LogP contribution in [0.1, 0.15) is 28.5 Å². The summed E-state index contributed by atoms with van der Waals surface area (Å²) in [6, 6.07) is 2.66. The molecule has 1 aromatic rings. The first kappa shape index (κ1) is 20.6. The van der Waals surface area contributed by atoms with E-state index < -0.39 is 35.7 Å². The number of hydrogen-bond acceptors (Lipinski definition) is 5. The van der Waals surface area contributed by atoms with Crippen molar-refractivity contribution in [2.45, 2.75) is 26.1 Å². The molecule has 2 unspecified atom stereocenters. The van der Waals surface area contributed by atoms with Gasteiger partial charge in [0, 0.05) is 25.8 Å². The van der Waals surface area contributed by atoms with Crippen LogP contribution in [-0.4, -0.2) is 54.0 Å². The lowest BCUT2D eigenvalue weighted by Crippen LogP contribution is -2.50. The molecular weight excluding hydrogens is 365 g/mol. The van der Waals surface area contributed by atoms with Gasteiger partial charge in [0.25, 0.3) is 5.91 Å². The van der Waals surface area contributed by atoms with Crippen molar-refractivity contribution in [2.75, 3.05) is 26.2 Å². The van der Waals surface area contributed by atoms with E-state index in [1.54, 1.807) is 0 Å². The van der Waals surface area contributed by atoms with Crippen molar-refractivity contribution in [1.29, 1.82) is 5.26 Å². The van der Waals surface area contributed by atoms with Gasteiger partial charge in [-0.15, -0.1) is 0 Å². The van der Waals surface area contributed by atoms with Gasteiger partial charge in [0.15, 0.2) is 0 Å². The van der Waals surface area contributed by atoms with E-state index in [0.717, 1.165) is 12.3 Å². The van der Waals surface area contributed by atoms with E-state index in [2.05, 4.69) is 10.3 Å². The molecule has 0 aliphatic carbocycles. The van der Waals surface area contributed by atoms with Crippen molar-refractivity contribution < 1.29 is 27.5 Å². The summed E-state index contributed by atoms with van der Waals surface area (Å²) in [6.07, 6.45) is -4.11. The zero-order valence-corrected chi connectivity index (χ0v) is 14.8. The van der Waals surface area contributed by atoms with Crippen molar-refractivity contribution >= 4 is 11.8 Å². The normalized spacial score (nSPS) is 18.5. The third kappa shape index (κ3) is 5.17. The highest BCUT2D eigenvalue weighted by Gasteiger charge is 2.34. The number of morpholine rings is 1. The van der Waals surface area contributed by atoms with Crippen molar-refractivity contribution in [2.24, 2.45) is 5.92 Å². The van der Waals surface area contributed by atoms with Crippen LogP contribution in [0.15, 0.2) is 12.3 Å². The predicted molar refractivity (Wildman–Crippen MR) is 87.4 cm³/mol. The molecule has 2 amide bonds. The van der Waals surface area contributed by atoms with Crippen LogP contribution < -0.4 is 5.32 Å². The van der Waals surface area contributed by atoms with Crippen LogP contribution in [0.4, 0.5) is 13.2 Å². The van der Waals surface area contributed by atoms with Crippen LogP contribution in [0.5, 0.6) is 0 Å². The molecule has 1 fully saturated rings. The maximum atomic E-state index is 12.7. The second kappa shape index (κ2) is 8.35. The second-order valence-corrected chi connectivity index (χ2v) is 6.22. The number of nitrogens with one attached hydrogen (secondary N) is 1. The highest BCUT2D eigenvalue weighted by molar-refractivity contribution is 5.95. The number of amides is 2. The summed E-state index contributed by atoms with van der Waals surface area (Å²) in [4.78, 5) is 29.1. The number of alkyl halides is 3. The minimum Gasteiger partial charge on any atom is -0.373 e. The van der Waals surface area contributed by atoms with Crippen LogP contribution in [0.2, 0.25) is 0 Å². The zero-order valence-electron chi connectivity index (χ0n) is 14.8. The molecule has 2 rings (SSSR count). The molecule has 0 saturated carbocycles. The molecule has 1 saturated heterocycles. The van der Waals surface area contributed by atoms with Crippen molar-refractivity contribution in [3.05, 3.63) is 29.1 Å². The molecule has 0 spiro atoms. The third-order valence-electron chi connectivity index (χ3n) is 4.15. The summed E-state index contributed by atoms with van der Waals surface area (Å²) in [6.45, 7) is 3.68. The van der Waals surface area contributed by atoms with Gasteiger partial charge in [-0.2, -0.15) is 18.4 Å². The molecule has 1 aliphatic rings. The Hall–Kier alpha value is -2.67. The largest absolute Gasteiger partial charge is 0.433 e. The molecule has 27 heavy (non-hydrogen) atoms. The molecule has 1 N–H and O–H groups in total. The number of aryl methyl sites for hydroxylation is 1. The van der Waals surface area contributed by atoms with Gasteiger partial charge in [-0.1, -0.05) is 0 Å².